The zero-order chi connectivity index (χ0) is 17.3. The molecule has 1 saturated heterocycles. The summed E-state index contributed by atoms with van der Waals surface area (Å²) in [5, 5.41) is 5.79. The number of rotatable bonds is 2. The molecule has 1 aromatic carbocycles. The molecule has 2 aliphatic rings. The molecule has 0 saturated carbocycles. The maximum absolute atomic E-state index is 12.5. The minimum atomic E-state index is -0.292. The number of hydrogen-bond donors (Lipinski definition) is 1. The number of fused-ring (bicyclic) bond motifs is 1. The van der Waals surface area contributed by atoms with Crippen LogP contribution < -0.4 is 5.32 Å². The summed E-state index contributed by atoms with van der Waals surface area (Å²) < 4.78 is 6.78. The van der Waals surface area contributed by atoms with Crippen molar-refractivity contribution in [1.29, 1.82) is 0 Å². The fourth-order valence-corrected chi connectivity index (χ4v) is 6.07. The van der Waals surface area contributed by atoms with Gasteiger partial charge in [0.15, 0.2) is 5.17 Å². The Morgan fingerprint density at radius 1 is 1.36 bits per heavy atom. The first-order valence-electron chi connectivity index (χ1n) is 8.09. The van der Waals surface area contributed by atoms with Crippen LogP contribution in [0.25, 0.3) is 0 Å². The molecule has 1 N–H and O–H groups in total. The summed E-state index contributed by atoms with van der Waals surface area (Å²) in [6.45, 7) is 1.41. The molecule has 0 bridgehead atoms. The number of aliphatic imine (C=N–C) groups is 1. The maximum atomic E-state index is 12.5. The molecule has 1 unspecified atom stereocenters. The Morgan fingerprint density at radius 2 is 2.20 bits per heavy atom. The van der Waals surface area contributed by atoms with Gasteiger partial charge in [-0.2, -0.15) is 0 Å². The minimum absolute atomic E-state index is 0.111. The number of ether oxygens (including phenoxy) is 1. The van der Waals surface area contributed by atoms with Gasteiger partial charge < -0.3 is 10.1 Å². The Morgan fingerprint density at radius 3 is 2.96 bits per heavy atom. The molecule has 3 heterocycles. The van der Waals surface area contributed by atoms with E-state index in [4.69, 9.17) is 9.73 Å². The summed E-state index contributed by atoms with van der Waals surface area (Å²) in [6, 6.07) is 11.4. The number of halogens is 1. The minimum Gasteiger partial charge on any atom is -0.381 e. The van der Waals surface area contributed by atoms with E-state index in [1.807, 2.05) is 30.3 Å². The molecule has 130 valence electrons. The van der Waals surface area contributed by atoms with E-state index in [1.54, 1.807) is 23.1 Å². The number of thioether (sulfide) groups is 1. The van der Waals surface area contributed by atoms with Crippen molar-refractivity contribution < 1.29 is 9.53 Å². The summed E-state index contributed by atoms with van der Waals surface area (Å²) in [6.07, 6.45) is 0.843. The Balaban J connectivity index is 1.65. The second-order valence-corrected chi connectivity index (χ2v) is 8.96. The highest BCUT2D eigenvalue weighted by molar-refractivity contribution is 9.10. The van der Waals surface area contributed by atoms with Gasteiger partial charge in [0.1, 0.15) is 5.54 Å². The molecule has 2 atom stereocenters. The normalized spacial score (nSPS) is 25.8. The van der Waals surface area contributed by atoms with Crippen LogP contribution in [0.15, 0.2) is 51.2 Å². The van der Waals surface area contributed by atoms with Crippen molar-refractivity contribution >= 4 is 50.1 Å². The lowest BCUT2D eigenvalue weighted by Gasteiger charge is -2.43. The third-order valence-electron chi connectivity index (χ3n) is 4.59. The van der Waals surface area contributed by atoms with Gasteiger partial charge in [0.05, 0.1) is 6.61 Å². The number of amidine groups is 1. The molecule has 1 amide bonds. The second-order valence-electron chi connectivity index (χ2n) is 6.12. The summed E-state index contributed by atoms with van der Waals surface area (Å²) >= 11 is 6.87. The average Bonchev–Trinajstić information content (AvgIpc) is 3.09. The zero-order valence-corrected chi connectivity index (χ0v) is 16.6. The number of nitrogens with one attached hydrogen (secondary N) is 1. The van der Waals surface area contributed by atoms with Crippen molar-refractivity contribution in [1.82, 2.24) is 5.32 Å². The number of hydrogen-bond acceptors (Lipinski definition) is 5. The van der Waals surface area contributed by atoms with Crippen molar-refractivity contribution in [2.45, 2.75) is 12.0 Å². The summed E-state index contributed by atoms with van der Waals surface area (Å²) in [5.74, 6) is 1.11. The molecule has 0 spiro atoms. The predicted octanol–water partition coefficient (Wildman–Crippen LogP) is 4.28. The van der Waals surface area contributed by atoms with Crippen LogP contribution in [0.2, 0.25) is 0 Å². The van der Waals surface area contributed by atoms with Gasteiger partial charge in [-0.1, -0.05) is 30.0 Å². The average molecular weight is 437 g/mol. The van der Waals surface area contributed by atoms with Crippen molar-refractivity contribution in [2.75, 3.05) is 19.0 Å². The van der Waals surface area contributed by atoms with Crippen LogP contribution in [0.5, 0.6) is 0 Å². The van der Waals surface area contributed by atoms with E-state index in [1.165, 1.54) is 4.88 Å². The molecule has 7 heteroatoms. The number of benzene rings is 1. The molecule has 1 aromatic heterocycles. The van der Waals surface area contributed by atoms with Gasteiger partial charge in [-0.15, -0.1) is 11.3 Å². The van der Waals surface area contributed by atoms with Gasteiger partial charge >= 0.3 is 0 Å². The van der Waals surface area contributed by atoms with Crippen LogP contribution in [0.3, 0.4) is 0 Å². The standard InChI is InChI=1S/C18H17BrN2O2S2/c19-14-8-15(24-11-14)18-6-7-23-9-13(18)10-25-17(21-18)20-16(22)12-4-2-1-3-5-12/h1-5,8,11,13H,6-7,9-10H2,(H,20,21,22)/t13?,18-/m0/s1. The van der Waals surface area contributed by atoms with E-state index in [9.17, 15) is 4.79 Å². The lowest BCUT2D eigenvalue weighted by molar-refractivity contribution is 0.0113. The molecule has 2 aromatic rings. The lowest BCUT2D eigenvalue weighted by Crippen LogP contribution is -2.47. The maximum Gasteiger partial charge on any atom is 0.257 e. The first-order chi connectivity index (χ1) is 12.2. The van der Waals surface area contributed by atoms with E-state index >= 15 is 0 Å². The fraction of sp³-hybridized carbons (Fsp3) is 0.333. The monoisotopic (exact) mass is 436 g/mol. The van der Waals surface area contributed by atoms with Gasteiger partial charge in [-0.25, -0.2) is 4.99 Å². The van der Waals surface area contributed by atoms with Crippen LogP contribution >= 0.6 is 39.0 Å². The second kappa shape index (κ2) is 7.23. The molecule has 4 rings (SSSR count). The summed E-state index contributed by atoms with van der Waals surface area (Å²) in [5.41, 5.74) is 0.354. The highest BCUT2D eigenvalue weighted by atomic mass is 79.9. The summed E-state index contributed by atoms with van der Waals surface area (Å²) in [4.78, 5) is 18.8. The Bertz CT molecular complexity index is 808. The molecule has 0 radical (unpaired) electrons. The van der Waals surface area contributed by atoms with E-state index < -0.39 is 0 Å². The molecule has 1 fully saturated rings. The number of nitrogens with zero attached hydrogens (tertiary/aromatic N) is 1. The quantitative estimate of drug-likeness (QED) is 0.764. The number of thiophene rings is 1. The zero-order valence-electron chi connectivity index (χ0n) is 13.4. The van der Waals surface area contributed by atoms with Crippen LogP contribution in [0, 0.1) is 5.92 Å². The van der Waals surface area contributed by atoms with Gasteiger partial charge in [-0.05, 0) is 34.1 Å². The smallest absolute Gasteiger partial charge is 0.257 e. The predicted molar refractivity (Wildman–Crippen MR) is 106 cm³/mol. The summed E-state index contributed by atoms with van der Waals surface area (Å²) in [7, 11) is 0. The van der Waals surface area contributed by atoms with Gasteiger partial charge in [-0.3, -0.25) is 4.79 Å². The molecular weight excluding hydrogens is 420 g/mol. The molecule has 25 heavy (non-hydrogen) atoms. The van der Waals surface area contributed by atoms with E-state index in [-0.39, 0.29) is 11.4 Å². The Kier molecular flexibility index (Phi) is 4.99. The Labute approximate surface area is 163 Å². The van der Waals surface area contributed by atoms with E-state index in [0.29, 0.717) is 29.9 Å². The van der Waals surface area contributed by atoms with Crippen molar-refractivity contribution in [2.24, 2.45) is 10.9 Å². The van der Waals surface area contributed by atoms with Crippen molar-refractivity contribution in [3.8, 4) is 0 Å². The molecule has 2 aliphatic heterocycles. The highest BCUT2D eigenvalue weighted by Gasteiger charge is 2.46. The van der Waals surface area contributed by atoms with Gasteiger partial charge in [0.2, 0.25) is 0 Å². The molecule has 4 nitrogen and oxygen atoms in total. The van der Waals surface area contributed by atoms with Crippen molar-refractivity contribution in [3.05, 3.63) is 56.7 Å². The van der Waals surface area contributed by atoms with Crippen LogP contribution in [0.1, 0.15) is 21.7 Å². The molecule has 0 aliphatic carbocycles. The molecular formula is C18H17BrN2O2S2. The number of carbonyl (C=O) groups excluding carboxylic acids is 1. The third-order valence-corrected chi connectivity index (χ3v) is 7.49. The first kappa shape index (κ1) is 17.3. The van der Waals surface area contributed by atoms with Gasteiger partial charge in [0, 0.05) is 45.0 Å². The van der Waals surface area contributed by atoms with Crippen molar-refractivity contribution in [3.63, 3.8) is 0 Å². The lowest BCUT2D eigenvalue weighted by atomic mass is 9.80. The fourth-order valence-electron chi connectivity index (χ4n) is 3.26. The van der Waals surface area contributed by atoms with E-state index in [0.717, 1.165) is 16.6 Å². The van der Waals surface area contributed by atoms with Gasteiger partial charge in [0.25, 0.3) is 5.91 Å². The topological polar surface area (TPSA) is 50.7 Å². The number of amides is 1. The van der Waals surface area contributed by atoms with Crippen LogP contribution in [-0.4, -0.2) is 30.0 Å². The SMILES string of the molecule is O=C(NC1=N[C@@]2(c3cc(Br)cs3)CCOCC2CS1)c1ccccc1. The highest BCUT2D eigenvalue weighted by Crippen LogP contribution is 2.47. The third kappa shape index (κ3) is 3.43. The van der Waals surface area contributed by atoms with Crippen LogP contribution in [0.4, 0.5) is 0 Å². The Hall–Kier alpha value is -1.15. The van der Waals surface area contributed by atoms with Crippen LogP contribution in [-0.2, 0) is 10.3 Å². The largest absolute Gasteiger partial charge is 0.381 e. The first-order valence-corrected chi connectivity index (χ1v) is 10.7. The van der Waals surface area contributed by atoms with E-state index in [2.05, 4.69) is 32.7 Å². The number of carbonyl (C=O) groups is 1.